The Balaban J connectivity index is 2.00. The van der Waals surface area contributed by atoms with Gasteiger partial charge in [-0.15, -0.1) is 0 Å². The molecule has 0 aromatic heterocycles. The van der Waals surface area contributed by atoms with Crippen LogP contribution in [0.4, 0.5) is 0 Å². The maximum atomic E-state index is 11.8. The summed E-state index contributed by atoms with van der Waals surface area (Å²) in [6, 6.07) is 31.2. The summed E-state index contributed by atoms with van der Waals surface area (Å²) in [4.78, 5) is 13.6. The Morgan fingerprint density at radius 2 is 1.23 bits per heavy atom. The maximum Gasteiger partial charge on any atom is 0.242 e. The molecule has 0 radical (unpaired) electrons. The largest absolute Gasteiger partial charge is 0.386 e. The molecule has 1 atom stereocenters. The van der Waals surface area contributed by atoms with Crippen molar-refractivity contribution in [3.63, 3.8) is 0 Å². The fourth-order valence-corrected chi connectivity index (χ4v) is 8.50. The van der Waals surface area contributed by atoms with Crippen molar-refractivity contribution >= 4 is 34.9 Å². The van der Waals surface area contributed by atoms with Gasteiger partial charge in [-0.05, 0) is 49.9 Å². The van der Waals surface area contributed by atoms with Crippen LogP contribution < -0.4 is 27.4 Å². The lowest BCUT2D eigenvalue weighted by Crippen LogP contribution is -2.51. The molecule has 6 heteroatoms. The van der Waals surface area contributed by atoms with E-state index in [0.29, 0.717) is 6.54 Å². The smallest absolute Gasteiger partial charge is 0.242 e. The average molecular weight is 434 g/mol. The molecule has 0 heterocycles. The summed E-state index contributed by atoms with van der Waals surface area (Å²) in [5.74, 6) is -0.810. The Morgan fingerprint density at radius 1 is 0.839 bits per heavy atom. The first-order chi connectivity index (χ1) is 15.0. The van der Waals surface area contributed by atoms with Gasteiger partial charge in [-0.25, -0.2) is 0 Å². The van der Waals surface area contributed by atoms with E-state index in [4.69, 9.17) is 16.9 Å². The van der Waals surface area contributed by atoms with Crippen LogP contribution in [-0.2, 0) is 4.79 Å². The minimum atomic E-state index is -1.91. The monoisotopic (exact) mass is 433 g/mol. The van der Waals surface area contributed by atoms with Crippen molar-refractivity contribution < 1.29 is 4.79 Å². The number of hydrogen-bond donors (Lipinski definition) is 3. The van der Waals surface area contributed by atoms with E-state index in [1.54, 1.807) is 11.9 Å². The number of nitrogens with two attached hydrogens (primary N) is 2. The molecule has 0 saturated heterocycles. The Hall–Kier alpha value is -3.01. The van der Waals surface area contributed by atoms with Crippen LogP contribution in [0.1, 0.15) is 6.42 Å². The van der Waals surface area contributed by atoms with Crippen LogP contribution in [-0.4, -0.2) is 42.4 Å². The topological polar surface area (TPSA) is 96.2 Å². The number of carbonyl (C=O) groups excluding carboxylic acids is 1. The van der Waals surface area contributed by atoms with Gasteiger partial charge in [0.2, 0.25) is 5.91 Å². The highest BCUT2D eigenvalue weighted by Gasteiger charge is 2.44. The molecule has 0 spiro atoms. The van der Waals surface area contributed by atoms with Gasteiger partial charge in [0.05, 0.1) is 6.16 Å². The molecule has 0 aliphatic heterocycles. The molecule has 1 unspecified atom stereocenters. The fraction of sp³-hybridized carbons (Fsp3) is 0.200. The molecular weight excluding hydrogens is 403 g/mol. The number of primary amides is 1. The third-order valence-electron chi connectivity index (χ3n) is 5.60. The lowest BCUT2D eigenvalue weighted by Gasteiger charge is -2.29. The van der Waals surface area contributed by atoms with Gasteiger partial charge >= 0.3 is 0 Å². The molecule has 3 rings (SSSR count). The van der Waals surface area contributed by atoms with Crippen molar-refractivity contribution in [1.82, 2.24) is 4.90 Å². The number of carbonyl (C=O) groups is 1. The van der Waals surface area contributed by atoms with Gasteiger partial charge in [0.15, 0.2) is 0 Å². The van der Waals surface area contributed by atoms with Crippen molar-refractivity contribution in [2.75, 3.05) is 19.8 Å². The number of benzene rings is 3. The Morgan fingerprint density at radius 3 is 1.55 bits per heavy atom. The van der Waals surface area contributed by atoms with Gasteiger partial charge < -0.3 is 11.5 Å². The molecule has 5 N–H and O–H groups in total. The van der Waals surface area contributed by atoms with E-state index >= 15 is 0 Å². The van der Waals surface area contributed by atoms with Crippen molar-refractivity contribution in [2.24, 2.45) is 11.5 Å². The second kappa shape index (κ2) is 10.3. The fourth-order valence-electron chi connectivity index (χ4n) is 4.18. The van der Waals surface area contributed by atoms with Crippen LogP contribution in [0.2, 0.25) is 0 Å². The van der Waals surface area contributed by atoms with Crippen LogP contribution in [0, 0.1) is 5.41 Å². The summed E-state index contributed by atoms with van der Waals surface area (Å²) in [6.07, 6.45) is 1.76. The quantitative estimate of drug-likeness (QED) is 0.260. The van der Waals surface area contributed by atoms with E-state index in [1.807, 2.05) is 18.2 Å². The van der Waals surface area contributed by atoms with Crippen molar-refractivity contribution in [3.05, 3.63) is 91.0 Å². The molecule has 3 aromatic rings. The highest BCUT2D eigenvalue weighted by molar-refractivity contribution is 7.95. The molecule has 0 aliphatic rings. The average Bonchev–Trinajstić information content (AvgIpc) is 2.78. The second-order valence-electron chi connectivity index (χ2n) is 7.63. The molecule has 0 aliphatic carbocycles. The van der Waals surface area contributed by atoms with E-state index in [2.05, 4.69) is 72.8 Å². The minimum Gasteiger partial charge on any atom is -0.386 e. The summed E-state index contributed by atoms with van der Waals surface area (Å²) < 4.78 is 0. The Labute approximate surface area is 184 Å². The lowest BCUT2D eigenvalue weighted by atomic mass is 10.2. The lowest BCUT2D eigenvalue weighted by molar-refractivity contribution is -0.120. The Bertz CT molecular complexity index is 885. The maximum absolute atomic E-state index is 11.8. The van der Waals surface area contributed by atoms with Crippen LogP contribution in [0.15, 0.2) is 91.0 Å². The summed E-state index contributed by atoms with van der Waals surface area (Å²) in [7, 11) is -0.119. The van der Waals surface area contributed by atoms with Crippen LogP contribution in [0.5, 0.6) is 0 Å². The first kappa shape index (κ1) is 22.7. The van der Waals surface area contributed by atoms with Crippen molar-refractivity contribution in [2.45, 2.75) is 12.5 Å². The predicted octanol–water partition coefficient (Wildman–Crippen LogP) is 2.09. The first-order valence-electron chi connectivity index (χ1n) is 10.3. The van der Waals surface area contributed by atoms with Gasteiger partial charge in [0.25, 0.3) is 0 Å². The predicted molar refractivity (Wildman–Crippen MR) is 132 cm³/mol. The molecule has 160 valence electrons. The summed E-state index contributed by atoms with van der Waals surface area (Å²) in [5.41, 5.74) is 11.1. The second-order valence-corrected chi connectivity index (χ2v) is 11.3. The number of likely N-dealkylation sites (N-methyl/N-ethyl adjacent to an activating group) is 1. The number of nitrogens with one attached hydrogen (secondary N) is 1. The van der Waals surface area contributed by atoms with Gasteiger partial charge in [0.1, 0.15) is 35.1 Å². The molecule has 1 amide bonds. The number of hydrogen-bond acceptors (Lipinski definition) is 3. The van der Waals surface area contributed by atoms with E-state index in [0.717, 1.165) is 12.6 Å². The zero-order chi connectivity index (χ0) is 22.3. The summed E-state index contributed by atoms with van der Waals surface area (Å²) in [5, 5.41) is 11.7. The van der Waals surface area contributed by atoms with E-state index in [-0.39, 0.29) is 5.84 Å². The molecule has 0 bridgehead atoms. The van der Waals surface area contributed by atoms with Crippen LogP contribution in [0.25, 0.3) is 0 Å². The standard InChI is InChI=1S/C25H29N4OP/c1-29(23(24(26)27)25(28)30)18-11-19-31(20-12-5-2-6-13-20,21-14-7-3-8-15-21)22-16-9-4-10-17-22/h2-10,12-17,23H,11,18-19H2,1H3,(H4-,26,27,28,30)/p+1. The van der Waals surface area contributed by atoms with Gasteiger partial charge in [-0.3, -0.25) is 15.1 Å². The third kappa shape index (κ3) is 5.01. The highest BCUT2D eigenvalue weighted by atomic mass is 31.2. The molecule has 0 fully saturated rings. The molecule has 31 heavy (non-hydrogen) atoms. The summed E-state index contributed by atoms with van der Waals surface area (Å²) in [6.45, 7) is 0.613. The van der Waals surface area contributed by atoms with Crippen LogP contribution in [0.3, 0.4) is 0 Å². The Kier molecular flexibility index (Phi) is 7.56. The number of rotatable bonds is 10. The molecule has 3 aromatic carbocycles. The number of nitrogens with zero attached hydrogens (tertiary/aromatic N) is 1. The number of amides is 1. The van der Waals surface area contributed by atoms with Crippen LogP contribution >= 0.6 is 7.26 Å². The molecular formula is C25H30N4OP+. The van der Waals surface area contributed by atoms with E-state index in [1.165, 1.54) is 15.9 Å². The minimum absolute atomic E-state index is 0.217. The highest BCUT2D eigenvalue weighted by Crippen LogP contribution is 2.55. The van der Waals surface area contributed by atoms with Gasteiger partial charge in [-0.2, -0.15) is 0 Å². The van der Waals surface area contributed by atoms with Crippen molar-refractivity contribution in [1.29, 1.82) is 5.41 Å². The SMILES string of the molecule is CN(CCC[P+](c1ccccc1)(c1ccccc1)c1ccccc1)C(C(=N)N)C(N)=O. The number of amidine groups is 1. The third-order valence-corrected chi connectivity index (χ3v) is 10.1. The zero-order valence-corrected chi connectivity index (χ0v) is 18.7. The van der Waals surface area contributed by atoms with Crippen molar-refractivity contribution in [3.8, 4) is 0 Å². The van der Waals surface area contributed by atoms with E-state index in [9.17, 15) is 4.79 Å². The van der Waals surface area contributed by atoms with Gasteiger partial charge in [-0.1, -0.05) is 54.6 Å². The normalized spacial score (nSPS) is 12.5. The van der Waals surface area contributed by atoms with Gasteiger partial charge in [0, 0.05) is 6.54 Å². The summed E-state index contributed by atoms with van der Waals surface area (Å²) >= 11 is 0. The van der Waals surface area contributed by atoms with E-state index < -0.39 is 19.2 Å². The molecule has 5 nitrogen and oxygen atoms in total. The first-order valence-corrected chi connectivity index (χ1v) is 12.3. The zero-order valence-electron chi connectivity index (χ0n) is 17.8. The molecule has 0 saturated carbocycles.